The normalized spacial score (nSPS) is 18.2. The van der Waals surface area contributed by atoms with Gasteiger partial charge in [-0.15, -0.1) is 0 Å². The summed E-state index contributed by atoms with van der Waals surface area (Å²) < 4.78 is 0. The maximum Gasteiger partial charge on any atom is 0.321 e. The molecule has 0 radical (unpaired) electrons. The van der Waals surface area contributed by atoms with Crippen LogP contribution in [-0.4, -0.2) is 29.9 Å². The Bertz CT molecular complexity index is 590. The first-order chi connectivity index (χ1) is 12.2. The molecule has 136 valence electrons. The van der Waals surface area contributed by atoms with E-state index in [2.05, 4.69) is 10.6 Å². The molecular weight excluding hydrogens is 314 g/mol. The third-order valence-corrected chi connectivity index (χ3v) is 5.26. The molecule has 0 unspecified atom stereocenters. The van der Waals surface area contributed by atoms with Gasteiger partial charge in [0.2, 0.25) is 5.91 Å². The molecule has 2 aliphatic rings. The van der Waals surface area contributed by atoms with Crippen molar-refractivity contribution in [3.8, 4) is 0 Å². The molecule has 1 saturated carbocycles. The van der Waals surface area contributed by atoms with Crippen molar-refractivity contribution < 1.29 is 9.59 Å². The van der Waals surface area contributed by atoms with E-state index in [1.807, 2.05) is 29.2 Å². The molecule has 1 aromatic carbocycles. The molecule has 5 heteroatoms. The Hall–Kier alpha value is -2.04. The number of rotatable bonds is 5. The zero-order valence-corrected chi connectivity index (χ0v) is 14.9. The van der Waals surface area contributed by atoms with Gasteiger partial charge in [0.15, 0.2) is 0 Å². The molecule has 3 amide bonds. The molecule has 0 atom stereocenters. The lowest BCUT2D eigenvalue weighted by atomic mass is 9.87. The predicted molar refractivity (Wildman–Crippen MR) is 99.3 cm³/mol. The first kappa shape index (κ1) is 17.8. The van der Waals surface area contributed by atoms with Crippen LogP contribution in [0.1, 0.15) is 56.9 Å². The van der Waals surface area contributed by atoms with E-state index >= 15 is 0 Å². The third-order valence-electron chi connectivity index (χ3n) is 5.26. The number of nitrogens with one attached hydrogen (secondary N) is 2. The number of amides is 3. The number of carbonyl (C=O) groups is 2. The summed E-state index contributed by atoms with van der Waals surface area (Å²) in [5.74, 6) is 0.693. The maximum atomic E-state index is 12.2. The first-order valence-electron chi connectivity index (χ1n) is 9.62. The molecule has 25 heavy (non-hydrogen) atoms. The van der Waals surface area contributed by atoms with Crippen LogP contribution in [0.15, 0.2) is 24.3 Å². The van der Waals surface area contributed by atoms with E-state index in [9.17, 15) is 9.59 Å². The average molecular weight is 343 g/mol. The fraction of sp³-hybridized carbons (Fsp3) is 0.600. The Morgan fingerprint density at radius 2 is 1.80 bits per heavy atom. The van der Waals surface area contributed by atoms with E-state index in [1.165, 1.54) is 32.1 Å². The van der Waals surface area contributed by atoms with Crippen molar-refractivity contribution in [1.82, 2.24) is 10.2 Å². The molecule has 1 saturated heterocycles. The van der Waals surface area contributed by atoms with Crippen LogP contribution in [0, 0.1) is 5.92 Å². The van der Waals surface area contributed by atoms with E-state index in [4.69, 9.17) is 0 Å². The number of anilines is 1. The summed E-state index contributed by atoms with van der Waals surface area (Å²) in [5, 5.41) is 5.97. The van der Waals surface area contributed by atoms with E-state index in [-0.39, 0.29) is 11.9 Å². The van der Waals surface area contributed by atoms with Gasteiger partial charge in [-0.1, -0.05) is 31.4 Å². The highest BCUT2D eigenvalue weighted by Gasteiger charge is 2.18. The number of hydrogen-bond donors (Lipinski definition) is 2. The first-order valence-corrected chi connectivity index (χ1v) is 9.62. The molecule has 0 spiro atoms. The molecule has 0 aromatic heterocycles. The van der Waals surface area contributed by atoms with Crippen LogP contribution in [0.25, 0.3) is 0 Å². The second-order valence-electron chi connectivity index (χ2n) is 7.31. The van der Waals surface area contributed by atoms with E-state index in [1.54, 1.807) is 0 Å². The Balaban J connectivity index is 1.46. The molecule has 2 fully saturated rings. The topological polar surface area (TPSA) is 61.4 Å². The number of urea groups is 1. The number of likely N-dealkylation sites (tertiary alicyclic amines) is 1. The van der Waals surface area contributed by atoms with Gasteiger partial charge in [0.25, 0.3) is 0 Å². The van der Waals surface area contributed by atoms with Gasteiger partial charge < -0.3 is 15.5 Å². The minimum Gasteiger partial charge on any atom is -0.352 e. The van der Waals surface area contributed by atoms with Crippen LogP contribution in [0.3, 0.4) is 0 Å². The molecule has 0 bridgehead atoms. The Morgan fingerprint density at radius 3 is 2.56 bits per heavy atom. The van der Waals surface area contributed by atoms with E-state index in [0.29, 0.717) is 18.9 Å². The van der Waals surface area contributed by atoms with Crippen molar-refractivity contribution in [2.24, 2.45) is 5.92 Å². The lowest BCUT2D eigenvalue weighted by Crippen LogP contribution is -2.32. The largest absolute Gasteiger partial charge is 0.352 e. The van der Waals surface area contributed by atoms with Gasteiger partial charge in [0, 0.05) is 31.7 Å². The second kappa shape index (κ2) is 8.88. The molecule has 1 heterocycles. The summed E-state index contributed by atoms with van der Waals surface area (Å²) in [7, 11) is 0. The Labute approximate surface area is 150 Å². The van der Waals surface area contributed by atoms with Gasteiger partial charge in [-0.3, -0.25) is 4.79 Å². The zero-order valence-electron chi connectivity index (χ0n) is 14.9. The van der Waals surface area contributed by atoms with Gasteiger partial charge >= 0.3 is 6.03 Å². The third kappa shape index (κ3) is 5.48. The van der Waals surface area contributed by atoms with Gasteiger partial charge in [-0.05, 0) is 49.3 Å². The summed E-state index contributed by atoms with van der Waals surface area (Å²) in [6.45, 7) is 2.18. The van der Waals surface area contributed by atoms with Crippen LogP contribution in [0.5, 0.6) is 0 Å². The maximum absolute atomic E-state index is 12.2. The van der Waals surface area contributed by atoms with Crippen LogP contribution in [-0.2, 0) is 11.3 Å². The highest BCUT2D eigenvalue weighted by Crippen LogP contribution is 2.26. The van der Waals surface area contributed by atoms with Crippen molar-refractivity contribution in [2.45, 2.75) is 57.9 Å². The van der Waals surface area contributed by atoms with Crippen molar-refractivity contribution >= 4 is 17.6 Å². The van der Waals surface area contributed by atoms with Crippen LogP contribution < -0.4 is 10.6 Å². The van der Waals surface area contributed by atoms with Gasteiger partial charge in [0.1, 0.15) is 0 Å². The highest BCUT2D eigenvalue weighted by molar-refractivity contribution is 5.89. The molecule has 2 N–H and O–H groups in total. The highest BCUT2D eigenvalue weighted by atomic mass is 16.2. The summed E-state index contributed by atoms with van der Waals surface area (Å²) in [4.78, 5) is 26.1. The molecule has 1 aromatic rings. The minimum atomic E-state index is -0.0315. The quantitative estimate of drug-likeness (QED) is 0.852. The van der Waals surface area contributed by atoms with Crippen molar-refractivity contribution in [3.63, 3.8) is 0 Å². The van der Waals surface area contributed by atoms with Crippen molar-refractivity contribution in [1.29, 1.82) is 0 Å². The Kier molecular flexibility index (Phi) is 6.31. The van der Waals surface area contributed by atoms with Crippen LogP contribution in [0.4, 0.5) is 10.5 Å². The lowest BCUT2D eigenvalue weighted by Gasteiger charge is -2.20. The van der Waals surface area contributed by atoms with E-state index < -0.39 is 0 Å². The summed E-state index contributed by atoms with van der Waals surface area (Å²) in [6.07, 6.45) is 9.02. The fourth-order valence-electron chi connectivity index (χ4n) is 3.81. The number of benzene rings is 1. The molecule has 5 nitrogen and oxygen atoms in total. The molecule has 3 rings (SSSR count). The minimum absolute atomic E-state index is 0.0315. The number of carbonyl (C=O) groups excluding carboxylic acids is 2. The predicted octanol–water partition coefficient (Wildman–Crippen LogP) is 3.90. The second-order valence-corrected chi connectivity index (χ2v) is 7.31. The van der Waals surface area contributed by atoms with Gasteiger partial charge in [0.05, 0.1) is 0 Å². The smallest absolute Gasteiger partial charge is 0.321 e. The van der Waals surface area contributed by atoms with Crippen molar-refractivity contribution in [2.75, 3.05) is 18.4 Å². The monoisotopic (exact) mass is 343 g/mol. The average Bonchev–Trinajstić information content (AvgIpc) is 3.16. The lowest BCUT2D eigenvalue weighted by molar-refractivity contribution is -0.122. The zero-order chi connectivity index (χ0) is 17.5. The summed E-state index contributed by atoms with van der Waals surface area (Å²) in [5.41, 5.74) is 1.80. The standard InChI is InChI=1S/C20H29N3O2/c24-19(14-16-7-2-1-3-8-16)21-15-17-9-6-10-18(13-17)22-20(25)23-11-4-5-12-23/h6,9-10,13,16H,1-5,7-8,11-12,14-15H2,(H,21,24)(H,22,25). The Morgan fingerprint density at radius 1 is 1.04 bits per heavy atom. The molecular formula is C20H29N3O2. The van der Waals surface area contributed by atoms with Crippen LogP contribution in [0.2, 0.25) is 0 Å². The van der Waals surface area contributed by atoms with Gasteiger partial charge in [-0.25, -0.2) is 4.79 Å². The van der Waals surface area contributed by atoms with Crippen molar-refractivity contribution in [3.05, 3.63) is 29.8 Å². The molecule has 1 aliphatic heterocycles. The van der Waals surface area contributed by atoms with Crippen LogP contribution >= 0.6 is 0 Å². The molecule has 1 aliphatic carbocycles. The van der Waals surface area contributed by atoms with Gasteiger partial charge in [-0.2, -0.15) is 0 Å². The fourth-order valence-corrected chi connectivity index (χ4v) is 3.81. The number of hydrogen-bond acceptors (Lipinski definition) is 2. The summed E-state index contributed by atoms with van der Waals surface area (Å²) >= 11 is 0. The summed E-state index contributed by atoms with van der Waals surface area (Å²) in [6, 6.07) is 7.70. The van der Waals surface area contributed by atoms with E-state index in [0.717, 1.165) is 37.2 Å². The SMILES string of the molecule is O=C(CC1CCCCC1)NCc1cccc(NC(=O)N2CCCC2)c1. The number of nitrogens with zero attached hydrogens (tertiary/aromatic N) is 1.